The van der Waals surface area contributed by atoms with Crippen molar-refractivity contribution in [3.63, 3.8) is 0 Å². The highest BCUT2D eigenvalue weighted by atomic mass is 32.1. The number of carboxylic acid groups (broad SMARTS) is 1. The molecule has 0 spiro atoms. The summed E-state index contributed by atoms with van der Waals surface area (Å²) in [6, 6.07) is 11.6. The van der Waals surface area contributed by atoms with E-state index < -0.39 is 17.2 Å². The maximum Gasteiger partial charge on any atom is 0.335 e. The zero-order chi connectivity index (χ0) is 22.0. The molecule has 0 unspecified atom stereocenters. The van der Waals surface area contributed by atoms with Crippen LogP contribution in [-0.2, 0) is 20.0 Å². The van der Waals surface area contributed by atoms with Gasteiger partial charge in [-0.05, 0) is 35.4 Å². The number of aromatic nitrogens is 3. The Morgan fingerprint density at radius 2 is 1.94 bits per heavy atom. The van der Waals surface area contributed by atoms with E-state index in [0.29, 0.717) is 27.1 Å². The van der Waals surface area contributed by atoms with E-state index in [0.717, 1.165) is 10.1 Å². The van der Waals surface area contributed by atoms with Crippen molar-refractivity contribution in [3.8, 4) is 11.8 Å². The monoisotopic (exact) mass is 431 g/mol. The van der Waals surface area contributed by atoms with Gasteiger partial charge in [0, 0.05) is 25.9 Å². The van der Waals surface area contributed by atoms with Crippen molar-refractivity contribution in [2.75, 3.05) is 0 Å². The fourth-order valence-corrected chi connectivity index (χ4v) is 4.14. The molecule has 1 aromatic carbocycles. The summed E-state index contributed by atoms with van der Waals surface area (Å²) in [7, 11) is 1.62. The molecule has 3 aromatic heterocycles. The lowest BCUT2D eigenvalue weighted by molar-refractivity contribution is 0.0697. The maximum atomic E-state index is 13.0. The average Bonchev–Trinajstić information content (AvgIpc) is 3.21. The molecule has 31 heavy (non-hydrogen) atoms. The quantitative estimate of drug-likeness (QED) is 0.501. The number of benzene rings is 1. The number of nitrogens with zero attached hydrogens (tertiary/aromatic N) is 3. The van der Waals surface area contributed by atoms with Crippen molar-refractivity contribution in [1.82, 2.24) is 14.1 Å². The van der Waals surface area contributed by atoms with Gasteiger partial charge in [0.1, 0.15) is 4.83 Å². The van der Waals surface area contributed by atoms with E-state index in [9.17, 15) is 14.4 Å². The Kier molecular flexibility index (Phi) is 5.52. The topological polar surface area (TPSA) is 94.2 Å². The molecule has 0 amide bonds. The van der Waals surface area contributed by atoms with Crippen LogP contribution in [0.2, 0.25) is 0 Å². The zero-order valence-corrected chi connectivity index (χ0v) is 17.3. The highest BCUT2D eigenvalue weighted by molar-refractivity contribution is 7.19. The van der Waals surface area contributed by atoms with E-state index in [1.807, 2.05) is 12.1 Å². The standard InChI is InChI=1S/C23H17N3O4S/c1-25-21-19(12-18(31-21)6-2-4-15-5-3-11-24-13-15)20(27)26(23(25)30)14-16-7-9-17(10-8-16)22(28)29/h3,5,7-13H,4,14H2,1H3,(H,28,29). The molecule has 0 bridgehead atoms. The molecule has 0 saturated heterocycles. The first-order valence-corrected chi connectivity index (χ1v) is 10.2. The molecular weight excluding hydrogens is 414 g/mol. The molecule has 0 aliphatic rings. The summed E-state index contributed by atoms with van der Waals surface area (Å²) < 4.78 is 2.59. The largest absolute Gasteiger partial charge is 0.478 e. The summed E-state index contributed by atoms with van der Waals surface area (Å²) >= 11 is 1.30. The smallest absolute Gasteiger partial charge is 0.335 e. The van der Waals surface area contributed by atoms with Crippen LogP contribution in [0.4, 0.5) is 0 Å². The van der Waals surface area contributed by atoms with E-state index in [2.05, 4.69) is 16.8 Å². The fraction of sp³-hybridized carbons (Fsp3) is 0.130. The van der Waals surface area contributed by atoms with Crippen molar-refractivity contribution in [3.05, 3.63) is 97.3 Å². The molecule has 3 heterocycles. The lowest BCUT2D eigenvalue weighted by atomic mass is 10.1. The van der Waals surface area contributed by atoms with E-state index in [1.165, 1.54) is 28.0 Å². The second-order valence-electron chi connectivity index (χ2n) is 6.90. The van der Waals surface area contributed by atoms with Gasteiger partial charge in [0.2, 0.25) is 0 Å². The number of pyridine rings is 1. The van der Waals surface area contributed by atoms with Gasteiger partial charge in [0.25, 0.3) is 5.56 Å². The predicted octanol–water partition coefficient (Wildman–Crippen LogP) is 2.50. The number of fused-ring (bicyclic) bond motifs is 1. The Morgan fingerprint density at radius 1 is 1.16 bits per heavy atom. The Morgan fingerprint density at radius 3 is 2.61 bits per heavy atom. The molecule has 154 valence electrons. The van der Waals surface area contributed by atoms with Crippen LogP contribution in [0.3, 0.4) is 0 Å². The summed E-state index contributed by atoms with van der Waals surface area (Å²) in [6.45, 7) is 0.0548. The molecule has 0 aliphatic heterocycles. The Bertz CT molecular complexity index is 1450. The normalized spacial score (nSPS) is 10.6. The number of thiophene rings is 1. The molecule has 0 saturated carbocycles. The average molecular weight is 431 g/mol. The van der Waals surface area contributed by atoms with Crippen LogP contribution in [-0.4, -0.2) is 25.2 Å². The lowest BCUT2D eigenvalue weighted by Crippen LogP contribution is -2.38. The number of aryl methyl sites for hydroxylation is 1. The maximum absolute atomic E-state index is 13.0. The van der Waals surface area contributed by atoms with Crippen LogP contribution in [0.15, 0.2) is 64.4 Å². The summed E-state index contributed by atoms with van der Waals surface area (Å²) in [4.78, 5) is 42.1. The van der Waals surface area contributed by atoms with Crippen LogP contribution < -0.4 is 11.2 Å². The van der Waals surface area contributed by atoms with Gasteiger partial charge in [0.15, 0.2) is 0 Å². The van der Waals surface area contributed by atoms with Crippen LogP contribution in [0, 0.1) is 11.8 Å². The molecule has 7 nitrogen and oxygen atoms in total. The zero-order valence-electron chi connectivity index (χ0n) is 16.5. The Hall–Kier alpha value is -3.96. The number of aromatic carboxylic acids is 1. The Balaban J connectivity index is 1.68. The van der Waals surface area contributed by atoms with E-state index in [4.69, 9.17) is 5.11 Å². The van der Waals surface area contributed by atoms with E-state index in [-0.39, 0.29) is 12.1 Å². The molecule has 0 aliphatic carbocycles. The number of carbonyl (C=O) groups is 1. The second kappa shape index (κ2) is 8.42. The Labute approximate surface area is 180 Å². The second-order valence-corrected chi connectivity index (χ2v) is 7.93. The van der Waals surface area contributed by atoms with Crippen molar-refractivity contribution < 1.29 is 9.90 Å². The first kappa shape index (κ1) is 20.3. The lowest BCUT2D eigenvalue weighted by Gasteiger charge is -2.08. The SMILES string of the molecule is Cn1c(=O)n(Cc2ccc(C(=O)O)cc2)c(=O)c2cc(C#CCc3cccnc3)sc21. The highest BCUT2D eigenvalue weighted by Gasteiger charge is 2.14. The summed E-state index contributed by atoms with van der Waals surface area (Å²) in [6.07, 6.45) is 4.00. The first-order valence-electron chi connectivity index (χ1n) is 9.37. The van der Waals surface area contributed by atoms with Gasteiger partial charge in [0.05, 0.1) is 22.4 Å². The summed E-state index contributed by atoms with van der Waals surface area (Å²) in [5.74, 6) is 5.11. The van der Waals surface area contributed by atoms with Gasteiger partial charge in [-0.15, -0.1) is 11.3 Å². The minimum absolute atomic E-state index is 0.0548. The van der Waals surface area contributed by atoms with Gasteiger partial charge in [-0.1, -0.05) is 30.0 Å². The minimum atomic E-state index is -1.03. The van der Waals surface area contributed by atoms with Crippen LogP contribution in [0.5, 0.6) is 0 Å². The number of rotatable bonds is 4. The van der Waals surface area contributed by atoms with Crippen molar-refractivity contribution in [2.24, 2.45) is 7.05 Å². The van der Waals surface area contributed by atoms with Gasteiger partial charge >= 0.3 is 11.7 Å². The number of carboxylic acids is 1. The van der Waals surface area contributed by atoms with E-state index in [1.54, 1.807) is 37.6 Å². The van der Waals surface area contributed by atoms with Gasteiger partial charge in [-0.2, -0.15) is 0 Å². The first-order chi connectivity index (χ1) is 14.9. The number of hydrogen-bond acceptors (Lipinski definition) is 5. The van der Waals surface area contributed by atoms with E-state index >= 15 is 0 Å². The third kappa shape index (κ3) is 4.17. The van der Waals surface area contributed by atoms with Crippen molar-refractivity contribution in [1.29, 1.82) is 0 Å². The highest BCUT2D eigenvalue weighted by Crippen LogP contribution is 2.21. The van der Waals surface area contributed by atoms with Crippen molar-refractivity contribution >= 4 is 27.5 Å². The minimum Gasteiger partial charge on any atom is -0.478 e. The molecular formula is C23H17N3O4S. The molecule has 4 rings (SSSR count). The molecule has 1 N–H and O–H groups in total. The van der Waals surface area contributed by atoms with Crippen molar-refractivity contribution in [2.45, 2.75) is 13.0 Å². The molecule has 0 fully saturated rings. The molecule has 4 aromatic rings. The fourth-order valence-electron chi connectivity index (χ4n) is 3.16. The predicted molar refractivity (Wildman–Crippen MR) is 119 cm³/mol. The summed E-state index contributed by atoms with van der Waals surface area (Å²) in [5.41, 5.74) is 0.982. The molecule has 0 atom stereocenters. The van der Waals surface area contributed by atoms with Crippen LogP contribution in [0.1, 0.15) is 26.4 Å². The molecule has 0 radical (unpaired) electrons. The van der Waals surface area contributed by atoms with Gasteiger partial charge < -0.3 is 5.11 Å². The van der Waals surface area contributed by atoms with Gasteiger partial charge in [-0.25, -0.2) is 9.59 Å². The van der Waals surface area contributed by atoms with Crippen LogP contribution >= 0.6 is 11.3 Å². The van der Waals surface area contributed by atoms with Crippen LogP contribution in [0.25, 0.3) is 10.2 Å². The number of hydrogen-bond donors (Lipinski definition) is 1. The van der Waals surface area contributed by atoms with Gasteiger partial charge in [-0.3, -0.25) is 18.9 Å². The third-order valence-corrected chi connectivity index (χ3v) is 5.91. The third-order valence-electron chi connectivity index (χ3n) is 4.78. The summed E-state index contributed by atoms with van der Waals surface area (Å²) in [5, 5.41) is 9.45. The molecule has 8 heteroatoms.